The fourth-order valence-electron chi connectivity index (χ4n) is 4.14. The Labute approximate surface area is 188 Å². The van der Waals surface area contributed by atoms with Crippen molar-refractivity contribution in [3.63, 3.8) is 0 Å². The van der Waals surface area contributed by atoms with Gasteiger partial charge in [0.2, 0.25) is 0 Å². The lowest BCUT2D eigenvalue weighted by Crippen LogP contribution is -2.50. The molecule has 0 aliphatic carbocycles. The second-order valence-corrected chi connectivity index (χ2v) is 7.75. The molecule has 1 aromatic rings. The summed E-state index contributed by atoms with van der Waals surface area (Å²) in [6, 6.07) is 6.13. The molecular weight excluding hydrogens is 414 g/mol. The first-order valence-electron chi connectivity index (χ1n) is 11.0. The van der Waals surface area contributed by atoms with Gasteiger partial charge < -0.3 is 24.8 Å². The Balaban J connectivity index is 1.92. The van der Waals surface area contributed by atoms with Crippen LogP contribution in [-0.4, -0.2) is 62.8 Å². The van der Waals surface area contributed by atoms with E-state index in [2.05, 4.69) is 15.5 Å². The molecule has 32 heavy (non-hydrogen) atoms. The molecule has 0 saturated carbocycles. The molecule has 0 radical (unpaired) electrons. The first-order valence-corrected chi connectivity index (χ1v) is 11.0. The zero-order chi connectivity index (χ0) is 23.1. The monoisotopic (exact) mass is 445 g/mol. The van der Waals surface area contributed by atoms with E-state index in [1.165, 1.54) is 0 Å². The third-order valence-corrected chi connectivity index (χ3v) is 5.58. The molecular formula is C23H31N3O6. The van der Waals surface area contributed by atoms with Gasteiger partial charge in [0.15, 0.2) is 0 Å². The summed E-state index contributed by atoms with van der Waals surface area (Å²) in [4.78, 5) is 39.7. The fraction of sp³-hybridized carbons (Fsp3) is 0.522. The number of rotatable bonds is 8. The predicted molar refractivity (Wildman–Crippen MR) is 117 cm³/mol. The van der Waals surface area contributed by atoms with Crippen LogP contribution in [0.2, 0.25) is 0 Å². The Kier molecular flexibility index (Phi) is 8.10. The number of amides is 2. The van der Waals surface area contributed by atoms with E-state index in [1.807, 2.05) is 6.07 Å². The molecule has 3 rings (SSSR count). The Morgan fingerprint density at radius 1 is 1.19 bits per heavy atom. The maximum absolute atomic E-state index is 13.0. The van der Waals surface area contributed by atoms with Crippen molar-refractivity contribution in [2.24, 2.45) is 5.92 Å². The summed E-state index contributed by atoms with van der Waals surface area (Å²) in [5.74, 6) is -0.308. The van der Waals surface area contributed by atoms with E-state index >= 15 is 0 Å². The molecule has 1 aromatic carbocycles. The predicted octanol–water partition coefficient (Wildman–Crippen LogP) is 2.14. The van der Waals surface area contributed by atoms with E-state index < -0.39 is 18.0 Å². The average Bonchev–Trinajstić information content (AvgIpc) is 2.79. The molecule has 174 valence electrons. The van der Waals surface area contributed by atoms with E-state index in [0.29, 0.717) is 42.3 Å². The molecule has 2 aliphatic rings. The lowest BCUT2D eigenvalue weighted by Gasteiger charge is -2.35. The molecule has 2 aliphatic heterocycles. The lowest BCUT2D eigenvalue weighted by molar-refractivity contribution is -0.150. The highest BCUT2D eigenvalue weighted by Crippen LogP contribution is 2.30. The van der Waals surface area contributed by atoms with Crippen LogP contribution >= 0.6 is 0 Å². The number of ether oxygens (including phenoxy) is 3. The van der Waals surface area contributed by atoms with Crippen molar-refractivity contribution in [2.45, 2.75) is 32.7 Å². The van der Waals surface area contributed by atoms with Gasteiger partial charge in [0, 0.05) is 18.8 Å². The number of benzene rings is 1. The van der Waals surface area contributed by atoms with Gasteiger partial charge in [-0.15, -0.1) is 0 Å². The Morgan fingerprint density at radius 2 is 1.97 bits per heavy atom. The van der Waals surface area contributed by atoms with Crippen LogP contribution in [0.15, 0.2) is 35.5 Å². The molecule has 2 heterocycles. The number of hydrogen-bond donors (Lipinski definition) is 2. The van der Waals surface area contributed by atoms with E-state index in [0.717, 1.165) is 19.4 Å². The SMILES string of the molecule is CCOC(=O)C1=C(CN2CCC[C@@H](C(=O)OCC)C2)NC(=O)N[C@H]1c1cccc(OC)c1. The largest absolute Gasteiger partial charge is 0.497 e. The van der Waals surface area contributed by atoms with Gasteiger partial charge in [0.1, 0.15) is 5.75 Å². The van der Waals surface area contributed by atoms with Crippen molar-refractivity contribution in [1.82, 2.24) is 15.5 Å². The van der Waals surface area contributed by atoms with Crippen LogP contribution in [0.1, 0.15) is 38.3 Å². The molecule has 0 spiro atoms. The summed E-state index contributed by atoms with van der Waals surface area (Å²) in [7, 11) is 1.56. The number of hydrogen-bond acceptors (Lipinski definition) is 7. The summed E-state index contributed by atoms with van der Waals surface area (Å²) < 4.78 is 15.8. The minimum Gasteiger partial charge on any atom is -0.497 e. The molecule has 2 N–H and O–H groups in total. The highest BCUT2D eigenvalue weighted by molar-refractivity contribution is 5.95. The van der Waals surface area contributed by atoms with Crippen LogP contribution < -0.4 is 15.4 Å². The van der Waals surface area contributed by atoms with Gasteiger partial charge in [-0.3, -0.25) is 9.69 Å². The van der Waals surface area contributed by atoms with Crippen molar-refractivity contribution in [3.8, 4) is 5.75 Å². The molecule has 1 fully saturated rings. The Morgan fingerprint density at radius 3 is 2.69 bits per heavy atom. The maximum Gasteiger partial charge on any atom is 0.338 e. The number of methoxy groups -OCH3 is 1. The van der Waals surface area contributed by atoms with E-state index in [-0.39, 0.29) is 18.5 Å². The van der Waals surface area contributed by atoms with Gasteiger partial charge >= 0.3 is 18.0 Å². The fourth-order valence-corrected chi connectivity index (χ4v) is 4.14. The molecule has 9 nitrogen and oxygen atoms in total. The molecule has 0 bridgehead atoms. The standard InChI is InChI=1S/C23H31N3O6/c1-4-31-21(27)16-9-7-11-26(13-16)14-18-19(22(28)32-5-2)20(25-23(29)24-18)15-8-6-10-17(12-15)30-3/h6,8,10,12,16,20H,4-5,7,9,11,13-14H2,1-3H3,(H2,24,25,29)/t16-,20+/m1/s1. The summed E-state index contributed by atoms with van der Waals surface area (Å²) in [5.41, 5.74) is 1.53. The van der Waals surface area contributed by atoms with Crippen LogP contribution in [-0.2, 0) is 19.1 Å². The summed E-state index contributed by atoms with van der Waals surface area (Å²) in [6.45, 7) is 5.66. The molecule has 0 aromatic heterocycles. The van der Waals surface area contributed by atoms with Gasteiger partial charge in [-0.2, -0.15) is 0 Å². The lowest BCUT2D eigenvalue weighted by atomic mass is 9.93. The first-order chi connectivity index (χ1) is 15.5. The van der Waals surface area contributed by atoms with Crippen LogP contribution in [0.25, 0.3) is 0 Å². The van der Waals surface area contributed by atoms with Crippen LogP contribution in [0.4, 0.5) is 4.79 Å². The number of carbonyl (C=O) groups is 3. The third kappa shape index (κ3) is 5.59. The minimum atomic E-state index is -0.682. The van der Waals surface area contributed by atoms with Gasteiger partial charge in [0.05, 0.1) is 37.9 Å². The van der Waals surface area contributed by atoms with Gasteiger partial charge in [-0.05, 0) is 50.9 Å². The third-order valence-electron chi connectivity index (χ3n) is 5.58. The number of esters is 2. The van der Waals surface area contributed by atoms with E-state index in [9.17, 15) is 14.4 Å². The maximum atomic E-state index is 13.0. The minimum absolute atomic E-state index is 0.208. The summed E-state index contributed by atoms with van der Waals surface area (Å²) >= 11 is 0. The average molecular weight is 446 g/mol. The second-order valence-electron chi connectivity index (χ2n) is 7.75. The van der Waals surface area contributed by atoms with Crippen molar-refractivity contribution in [2.75, 3.05) is 40.0 Å². The van der Waals surface area contributed by atoms with Crippen LogP contribution in [0.5, 0.6) is 5.75 Å². The van der Waals surface area contributed by atoms with Crippen molar-refractivity contribution in [1.29, 1.82) is 0 Å². The quantitative estimate of drug-likeness (QED) is 0.591. The van der Waals surface area contributed by atoms with Crippen molar-refractivity contribution >= 4 is 18.0 Å². The van der Waals surface area contributed by atoms with Gasteiger partial charge in [0.25, 0.3) is 0 Å². The molecule has 2 atom stereocenters. The number of carbonyl (C=O) groups excluding carboxylic acids is 3. The van der Waals surface area contributed by atoms with Crippen molar-refractivity contribution < 1.29 is 28.6 Å². The summed E-state index contributed by atoms with van der Waals surface area (Å²) in [6.07, 6.45) is 1.59. The van der Waals surface area contributed by atoms with Crippen molar-refractivity contribution in [3.05, 3.63) is 41.1 Å². The van der Waals surface area contributed by atoms with E-state index in [1.54, 1.807) is 39.2 Å². The number of nitrogens with zero attached hydrogens (tertiary/aromatic N) is 1. The molecule has 2 amide bonds. The van der Waals surface area contributed by atoms with E-state index in [4.69, 9.17) is 14.2 Å². The molecule has 1 saturated heterocycles. The van der Waals surface area contributed by atoms with Crippen LogP contribution in [0.3, 0.4) is 0 Å². The zero-order valence-corrected chi connectivity index (χ0v) is 18.8. The normalized spacial score (nSPS) is 21.4. The second kappa shape index (κ2) is 11.0. The van der Waals surface area contributed by atoms with Crippen LogP contribution in [0, 0.1) is 5.92 Å². The molecule has 9 heteroatoms. The molecule has 0 unspecified atom stereocenters. The highest BCUT2D eigenvalue weighted by atomic mass is 16.5. The smallest absolute Gasteiger partial charge is 0.338 e. The Bertz CT molecular complexity index is 884. The number of urea groups is 1. The number of piperidine rings is 1. The summed E-state index contributed by atoms with van der Waals surface area (Å²) in [5, 5.41) is 5.62. The number of nitrogens with one attached hydrogen (secondary N) is 2. The Hall–Kier alpha value is -3.07. The van der Waals surface area contributed by atoms with Gasteiger partial charge in [-0.25, -0.2) is 9.59 Å². The zero-order valence-electron chi connectivity index (χ0n) is 18.8. The highest BCUT2D eigenvalue weighted by Gasteiger charge is 2.35. The first kappa shape index (κ1) is 23.6. The van der Waals surface area contributed by atoms with Gasteiger partial charge in [-0.1, -0.05) is 12.1 Å². The topological polar surface area (TPSA) is 106 Å². The number of likely N-dealkylation sites (tertiary alicyclic amines) is 1.